The molecule has 0 radical (unpaired) electrons. The first-order valence-electron chi connectivity index (χ1n) is 9.92. The van der Waals surface area contributed by atoms with Gasteiger partial charge in [0.2, 0.25) is 11.8 Å². The third-order valence-electron chi connectivity index (χ3n) is 5.33. The standard InChI is InChI=1S/C23H28N2O4/c1-28-19-8-9-20(21(15-19)29-2)24-22(26)16-23(27)25-12-10-18(11-13-25)14-17-6-4-3-5-7-17/h3-9,15,18H,10-14,16H2,1-2H3,(H,24,26). The van der Waals surface area contributed by atoms with E-state index in [1.165, 1.54) is 12.7 Å². The number of carbonyl (C=O) groups is 2. The van der Waals surface area contributed by atoms with Crippen molar-refractivity contribution in [3.63, 3.8) is 0 Å². The fraction of sp³-hybridized carbons (Fsp3) is 0.391. The van der Waals surface area contributed by atoms with Crippen LogP contribution in [0.4, 0.5) is 5.69 Å². The summed E-state index contributed by atoms with van der Waals surface area (Å²) < 4.78 is 10.4. The van der Waals surface area contributed by atoms with Crippen molar-refractivity contribution in [2.45, 2.75) is 25.7 Å². The predicted octanol–water partition coefficient (Wildman–Crippen LogP) is 3.51. The van der Waals surface area contributed by atoms with Gasteiger partial charge >= 0.3 is 0 Å². The summed E-state index contributed by atoms with van der Waals surface area (Å²) in [4.78, 5) is 26.7. The largest absolute Gasteiger partial charge is 0.497 e. The molecular weight excluding hydrogens is 368 g/mol. The van der Waals surface area contributed by atoms with E-state index >= 15 is 0 Å². The number of amides is 2. The van der Waals surface area contributed by atoms with E-state index in [9.17, 15) is 9.59 Å². The smallest absolute Gasteiger partial charge is 0.233 e. The van der Waals surface area contributed by atoms with E-state index in [2.05, 4.69) is 29.6 Å². The lowest BCUT2D eigenvalue weighted by molar-refractivity contribution is -0.135. The zero-order valence-corrected chi connectivity index (χ0v) is 17.0. The van der Waals surface area contributed by atoms with Crippen molar-refractivity contribution < 1.29 is 19.1 Å². The summed E-state index contributed by atoms with van der Waals surface area (Å²) in [5, 5.41) is 2.76. The van der Waals surface area contributed by atoms with Gasteiger partial charge in [-0.25, -0.2) is 0 Å². The second-order valence-electron chi connectivity index (χ2n) is 7.31. The van der Waals surface area contributed by atoms with Gasteiger partial charge in [-0.2, -0.15) is 0 Å². The molecule has 1 fully saturated rings. The van der Waals surface area contributed by atoms with Crippen molar-refractivity contribution in [2.24, 2.45) is 5.92 Å². The number of ether oxygens (including phenoxy) is 2. The molecular formula is C23H28N2O4. The van der Waals surface area contributed by atoms with E-state index in [0.717, 1.165) is 19.3 Å². The quantitative estimate of drug-likeness (QED) is 0.727. The molecule has 0 aromatic heterocycles. The molecule has 154 valence electrons. The number of rotatable bonds is 7. The first-order valence-corrected chi connectivity index (χ1v) is 9.92. The molecule has 1 N–H and O–H groups in total. The molecule has 0 bridgehead atoms. The summed E-state index contributed by atoms with van der Waals surface area (Å²) in [5.74, 6) is 1.23. The maximum absolute atomic E-state index is 12.5. The molecule has 3 rings (SSSR count). The van der Waals surface area contributed by atoms with Crippen LogP contribution < -0.4 is 14.8 Å². The Morgan fingerprint density at radius 1 is 1.03 bits per heavy atom. The van der Waals surface area contributed by atoms with Gasteiger partial charge in [-0.1, -0.05) is 30.3 Å². The number of piperidine rings is 1. The zero-order chi connectivity index (χ0) is 20.6. The third-order valence-corrected chi connectivity index (χ3v) is 5.33. The van der Waals surface area contributed by atoms with Crippen molar-refractivity contribution in [3.05, 3.63) is 54.1 Å². The number of nitrogens with zero attached hydrogens (tertiary/aromatic N) is 1. The average Bonchev–Trinajstić information content (AvgIpc) is 2.75. The number of methoxy groups -OCH3 is 2. The summed E-state index contributed by atoms with van der Waals surface area (Å²) >= 11 is 0. The molecule has 0 aliphatic carbocycles. The highest BCUT2D eigenvalue weighted by Crippen LogP contribution is 2.29. The SMILES string of the molecule is COc1ccc(NC(=O)CC(=O)N2CCC(Cc3ccccc3)CC2)c(OC)c1. The Kier molecular flexibility index (Phi) is 7.11. The lowest BCUT2D eigenvalue weighted by Crippen LogP contribution is -2.40. The highest BCUT2D eigenvalue weighted by molar-refractivity contribution is 6.04. The minimum atomic E-state index is -0.343. The van der Waals surface area contributed by atoms with Gasteiger partial charge in [0, 0.05) is 19.2 Å². The normalized spacial score (nSPS) is 14.3. The van der Waals surface area contributed by atoms with E-state index in [0.29, 0.717) is 36.2 Å². The summed E-state index contributed by atoms with van der Waals surface area (Å²) in [6.07, 6.45) is 2.81. The first-order chi connectivity index (χ1) is 14.1. The zero-order valence-electron chi connectivity index (χ0n) is 17.0. The van der Waals surface area contributed by atoms with Gasteiger partial charge in [-0.05, 0) is 42.9 Å². The molecule has 0 unspecified atom stereocenters. The summed E-state index contributed by atoms with van der Waals surface area (Å²) in [5.41, 5.74) is 1.86. The van der Waals surface area contributed by atoms with Crippen LogP contribution >= 0.6 is 0 Å². The molecule has 2 aromatic carbocycles. The van der Waals surface area contributed by atoms with Gasteiger partial charge in [0.05, 0.1) is 19.9 Å². The van der Waals surface area contributed by atoms with Gasteiger partial charge in [0.1, 0.15) is 17.9 Å². The lowest BCUT2D eigenvalue weighted by atomic mass is 9.90. The van der Waals surface area contributed by atoms with E-state index in [1.54, 1.807) is 30.2 Å². The maximum Gasteiger partial charge on any atom is 0.233 e. The minimum Gasteiger partial charge on any atom is -0.497 e. The third kappa shape index (κ3) is 5.73. The van der Waals surface area contributed by atoms with Crippen LogP contribution in [0.15, 0.2) is 48.5 Å². The summed E-state index contributed by atoms with van der Waals surface area (Å²) in [6, 6.07) is 15.6. The number of hydrogen-bond donors (Lipinski definition) is 1. The Bertz CT molecular complexity index is 830. The van der Waals surface area contributed by atoms with Crippen LogP contribution in [-0.2, 0) is 16.0 Å². The molecule has 1 heterocycles. The molecule has 0 atom stereocenters. The molecule has 2 aromatic rings. The number of likely N-dealkylation sites (tertiary alicyclic amines) is 1. The molecule has 0 spiro atoms. The number of hydrogen-bond acceptors (Lipinski definition) is 4. The Morgan fingerprint density at radius 3 is 2.41 bits per heavy atom. The molecule has 29 heavy (non-hydrogen) atoms. The fourth-order valence-corrected chi connectivity index (χ4v) is 3.68. The van der Waals surface area contributed by atoms with Gasteiger partial charge < -0.3 is 19.7 Å². The van der Waals surface area contributed by atoms with Gasteiger partial charge in [0.15, 0.2) is 0 Å². The van der Waals surface area contributed by atoms with Gasteiger partial charge in [0.25, 0.3) is 0 Å². The number of anilines is 1. The van der Waals surface area contributed by atoms with Crippen LogP contribution in [0.2, 0.25) is 0 Å². The average molecular weight is 396 g/mol. The molecule has 6 heteroatoms. The number of carbonyl (C=O) groups excluding carboxylic acids is 2. The molecule has 6 nitrogen and oxygen atoms in total. The molecule has 2 amide bonds. The second kappa shape index (κ2) is 9.96. The van der Waals surface area contributed by atoms with E-state index in [4.69, 9.17) is 9.47 Å². The highest BCUT2D eigenvalue weighted by atomic mass is 16.5. The van der Waals surface area contributed by atoms with Crippen LogP contribution in [-0.4, -0.2) is 44.0 Å². The molecule has 1 aliphatic rings. The fourth-order valence-electron chi connectivity index (χ4n) is 3.68. The Balaban J connectivity index is 1.47. The topological polar surface area (TPSA) is 67.9 Å². The molecule has 1 saturated heterocycles. The second-order valence-corrected chi connectivity index (χ2v) is 7.31. The van der Waals surface area contributed by atoms with Crippen LogP contribution in [0.5, 0.6) is 11.5 Å². The van der Waals surface area contributed by atoms with E-state index < -0.39 is 0 Å². The lowest BCUT2D eigenvalue weighted by Gasteiger charge is -2.32. The Morgan fingerprint density at radius 2 is 1.76 bits per heavy atom. The van der Waals surface area contributed by atoms with E-state index in [1.807, 2.05) is 6.07 Å². The highest BCUT2D eigenvalue weighted by Gasteiger charge is 2.24. The van der Waals surface area contributed by atoms with E-state index in [-0.39, 0.29) is 18.2 Å². The van der Waals surface area contributed by atoms with Gasteiger partial charge in [-0.3, -0.25) is 9.59 Å². The Hall–Kier alpha value is -3.02. The first kappa shape index (κ1) is 20.7. The van der Waals surface area contributed by atoms with Crippen LogP contribution in [0, 0.1) is 5.92 Å². The summed E-state index contributed by atoms with van der Waals surface area (Å²) in [6.45, 7) is 1.41. The van der Waals surface area contributed by atoms with Crippen molar-refractivity contribution in [3.8, 4) is 11.5 Å². The van der Waals surface area contributed by atoms with Crippen molar-refractivity contribution in [1.82, 2.24) is 4.90 Å². The Labute approximate surface area is 171 Å². The molecule has 0 saturated carbocycles. The van der Waals surface area contributed by atoms with Crippen molar-refractivity contribution >= 4 is 17.5 Å². The number of benzene rings is 2. The monoisotopic (exact) mass is 396 g/mol. The van der Waals surface area contributed by atoms with Crippen LogP contribution in [0.1, 0.15) is 24.8 Å². The van der Waals surface area contributed by atoms with Crippen molar-refractivity contribution in [1.29, 1.82) is 0 Å². The number of nitrogens with one attached hydrogen (secondary N) is 1. The predicted molar refractivity (Wildman–Crippen MR) is 112 cm³/mol. The minimum absolute atomic E-state index is 0.131. The van der Waals surface area contributed by atoms with Gasteiger partial charge in [-0.15, -0.1) is 0 Å². The summed E-state index contributed by atoms with van der Waals surface area (Å²) in [7, 11) is 3.09. The van der Waals surface area contributed by atoms with Crippen LogP contribution in [0.25, 0.3) is 0 Å². The van der Waals surface area contributed by atoms with Crippen LogP contribution in [0.3, 0.4) is 0 Å². The molecule has 1 aliphatic heterocycles. The van der Waals surface area contributed by atoms with Crippen molar-refractivity contribution in [2.75, 3.05) is 32.6 Å². The maximum atomic E-state index is 12.5.